The maximum atomic E-state index is 14.3. The van der Waals surface area contributed by atoms with E-state index >= 15 is 0 Å². The Bertz CT molecular complexity index is 864. The predicted molar refractivity (Wildman–Crippen MR) is 119 cm³/mol. The molecule has 10 heteroatoms. The molecule has 1 aliphatic rings. The van der Waals surface area contributed by atoms with Crippen molar-refractivity contribution in [2.24, 2.45) is 0 Å². The third kappa shape index (κ3) is 7.30. The molecule has 1 heterocycles. The van der Waals surface area contributed by atoms with Crippen molar-refractivity contribution in [2.75, 3.05) is 32.1 Å². The number of likely N-dealkylation sites (tertiary alicyclic amines) is 1. The zero-order chi connectivity index (χ0) is 24.8. The number of nitrogens with one attached hydrogen (secondary N) is 1. The number of amides is 3. The van der Waals surface area contributed by atoms with E-state index in [9.17, 15) is 23.2 Å². The van der Waals surface area contributed by atoms with Crippen LogP contribution in [0.1, 0.15) is 63.7 Å². The standard InChI is InChI=1S/C23H33F2N3O5/c1-6-7-10-28(15-8-11-27(12-9-15)22(31)33-23(2,3)4)21(30)26-19-13-16(20(29)32-5)17(24)14-18(19)25/h13-15H,6-12H2,1-5H3,(H,26,30). The smallest absolute Gasteiger partial charge is 0.410 e. The van der Waals surface area contributed by atoms with Crippen LogP contribution >= 0.6 is 0 Å². The Labute approximate surface area is 193 Å². The van der Waals surface area contributed by atoms with E-state index in [-0.39, 0.29) is 11.7 Å². The van der Waals surface area contributed by atoms with Gasteiger partial charge in [0.2, 0.25) is 0 Å². The molecule has 0 saturated carbocycles. The first-order valence-electron chi connectivity index (χ1n) is 11.1. The normalized spacial score (nSPS) is 14.6. The minimum absolute atomic E-state index is 0.168. The van der Waals surface area contributed by atoms with Crippen LogP contribution in [0.4, 0.5) is 24.1 Å². The Morgan fingerprint density at radius 3 is 2.33 bits per heavy atom. The first-order valence-corrected chi connectivity index (χ1v) is 11.1. The molecule has 1 aliphatic heterocycles. The highest BCUT2D eigenvalue weighted by Crippen LogP contribution is 2.24. The fourth-order valence-electron chi connectivity index (χ4n) is 3.56. The lowest BCUT2D eigenvalue weighted by atomic mass is 10.0. The van der Waals surface area contributed by atoms with Crippen molar-refractivity contribution < 1.29 is 32.6 Å². The second kappa shape index (κ2) is 11.3. The molecule has 0 atom stereocenters. The summed E-state index contributed by atoms with van der Waals surface area (Å²) < 4.78 is 38.1. The fraction of sp³-hybridized carbons (Fsp3) is 0.609. The monoisotopic (exact) mass is 469 g/mol. The van der Waals surface area contributed by atoms with Gasteiger partial charge in [-0.1, -0.05) is 13.3 Å². The molecular weight excluding hydrogens is 436 g/mol. The Hall–Kier alpha value is -2.91. The third-order valence-corrected chi connectivity index (χ3v) is 5.27. The molecule has 3 amide bonds. The molecule has 0 unspecified atom stereocenters. The van der Waals surface area contributed by atoms with Crippen LogP contribution < -0.4 is 5.32 Å². The van der Waals surface area contributed by atoms with Crippen LogP contribution in [0, 0.1) is 11.6 Å². The molecule has 0 bridgehead atoms. The first-order chi connectivity index (χ1) is 15.5. The maximum Gasteiger partial charge on any atom is 0.410 e. The van der Waals surface area contributed by atoms with Crippen LogP contribution in [0.2, 0.25) is 0 Å². The van der Waals surface area contributed by atoms with Crippen LogP contribution in [0.5, 0.6) is 0 Å². The highest BCUT2D eigenvalue weighted by atomic mass is 19.1. The van der Waals surface area contributed by atoms with Gasteiger partial charge in [0.1, 0.15) is 17.2 Å². The molecule has 0 aromatic heterocycles. The van der Waals surface area contributed by atoms with E-state index in [2.05, 4.69) is 10.1 Å². The average molecular weight is 470 g/mol. The van der Waals surface area contributed by atoms with Gasteiger partial charge in [-0.3, -0.25) is 0 Å². The summed E-state index contributed by atoms with van der Waals surface area (Å²) in [5.41, 5.74) is -1.38. The van der Waals surface area contributed by atoms with Crippen molar-refractivity contribution >= 4 is 23.8 Å². The topological polar surface area (TPSA) is 88.2 Å². The second-order valence-electron chi connectivity index (χ2n) is 8.98. The second-order valence-corrected chi connectivity index (χ2v) is 8.98. The molecule has 1 fully saturated rings. The molecule has 8 nitrogen and oxygen atoms in total. The van der Waals surface area contributed by atoms with E-state index in [1.165, 1.54) is 0 Å². The van der Waals surface area contributed by atoms with Gasteiger partial charge in [-0.2, -0.15) is 0 Å². The number of unbranched alkanes of at least 4 members (excludes halogenated alkanes) is 1. The van der Waals surface area contributed by atoms with Gasteiger partial charge < -0.3 is 24.6 Å². The Kier molecular flexibility index (Phi) is 9.01. The van der Waals surface area contributed by atoms with Crippen LogP contribution in [0.15, 0.2) is 12.1 Å². The number of rotatable bonds is 6. The number of carbonyl (C=O) groups excluding carboxylic acids is 3. The summed E-state index contributed by atoms with van der Waals surface area (Å²) in [4.78, 5) is 40.3. The number of nitrogens with zero attached hydrogens (tertiary/aromatic N) is 2. The maximum absolute atomic E-state index is 14.3. The number of methoxy groups -OCH3 is 1. The molecule has 184 valence electrons. The van der Waals surface area contributed by atoms with Crippen molar-refractivity contribution in [1.29, 1.82) is 0 Å². The summed E-state index contributed by atoms with van der Waals surface area (Å²) in [5.74, 6) is -3.04. The van der Waals surface area contributed by atoms with Crippen LogP contribution in [0.3, 0.4) is 0 Å². The molecule has 1 aromatic carbocycles. The lowest BCUT2D eigenvalue weighted by molar-refractivity contribution is 0.0166. The van der Waals surface area contributed by atoms with Gasteiger partial charge in [-0.05, 0) is 46.1 Å². The van der Waals surface area contributed by atoms with Crippen molar-refractivity contribution in [3.63, 3.8) is 0 Å². The van der Waals surface area contributed by atoms with Crippen molar-refractivity contribution in [3.05, 3.63) is 29.3 Å². The number of ether oxygens (including phenoxy) is 2. The van der Waals surface area contributed by atoms with E-state index in [1.54, 1.807) is 30.6 Å². The van der Waals surface area contributed by atoms with Gasteiger partial charge in [0, 0.05) is 31.7 Å². The van der Waals surface area contributed by atoms with Gasteiger partial charge in [-0.25, -0.2) is 23.2 Å². The number of anilines is 1. The molecule has 0 radical (unpaired) electrons. The molecule has 1 N–H and O–H groups in total. The van der Waals surface area contributed by atoms with Gasteiger partial charge in [0.25, 0.3) is 0 Å². The van der Waals surface area contributed by atoms with Crippen molar-refractivity contribution in [2.45, 2.75) is 65.0 Å². The number of benzene rings is 1. The SMILES string of the molecule is CCCCN(C(=O)Nc1cc(C(=O)OC)c(F)cc1F)C1CCN(C(=O)OC(C)(C)C)CC1. The fourth-order valence-corrected chi connectivity index (χ4v) is 3.56. The Morgan fingerprint density at radius 2 is 1.79 bits per heavy atom. The summed E-state index contributed by atoms with van der Waals surface area (Å²) in [6, 6.07) is 0.744. The molecule has 0 aliphatic carbocycles. The predicted octanol–water partition coefficient (Wildman–Crippen LogP) is 4.78. The number of esters is 1. The van der Waals surface area contributed by atoms with Gasteiger partial charge in [0.15, 0.2) is 0 Å². The highest BCUT2D eigenvalue weighted by Gasteiger charge is 2.32. The molecule has 0 spiro atoms. The number of halogens is 2. The molecule has 33 heavy (non-hydrogen) atoms. The first kappa shape index (κ1) is 26.3. The lowest BCUT2D eigenvalue weighted by Crippen LogP contribution is -2.51. The van der Waals surface area contributed by atoms with E-state index in [1.807, 2.05) is 6.92 Å². The van der Waals surface area contributed by atoms with E-state index in [4.69, 9.17) is 4.74 Å². The van der Waals surface area contributed by atoms with Crippen molar-refractivity contribution in [1.82, 2.24) is 9.80 Å². The minimum atomic E-state index is -1.07. The Balaban J connectivity index is 2.12. The number of hydrogen-bond donors (Lipinski definition) is 1. The van der Waals surface area contributed by atoms with Gasteiger partial charge >= 0.3 is 18.1 Å². The van der Waals surface area contributed by atoms with Gasteiger partial charge in [-0.15, -0.1) is 0 Å². The average Bonchev–Trinajstić information content (AvgIpc) is 2.74. The molecule has 1 aromatic rings. The molecule has 1 saturated heterocycles. The summed E-state index contributed by atoms with van der Waals surface area (Å²) in [5, 5.41) is 2.46. The Morgan fingerprint density at radius 1 is 1.15 bits per heavy atom. The van der Waals surface area contributed by atoms with Crippen LogP contribution in [-0.2, 0) is 9.47 Å². The number of carbonyl (C=O) groups is 3. The molecule has 2 rings (SSSR count). The van der Waals surface area contributed by atoms with Crippen molar-refractivity contribution in [3.8, 4) is 0 Å². The van der Waals surface area contributed by atoms with Gasteiger partial charge in [0.05, 0.1) is 18.4 Å². The summed E-state index contributed by atoms with van der Waals surface area (Å²) in [7, 11) is 1.08. The number of piperidine rings is 1. The lowest BCUT2D eigenvalue weighted by Gasteiger charge is -2.39. The molecular formula is C23H33F2N3O5. The van der Waals surface area contributed by atoms with E-state index in [0.717, 1.165) is 26.0 Å². The van der Waals surface area contributed by atoms with Crippen LogP contribution in [0.25, 0.3) is 0 Å². The quantitative estimate of drug-likeness (QED) is 0.606. The number of urea groups is 1. The minimum Gasteiger partial charge on any atom is -0.465 e. The zero-order valence-corrected chi connectivity index (χ0v) is 19.9. The highest BCUT2D eigenvalue weighted by molar-refractivity contribution is 5.94. The third-order valence-electron chi connectivity index (χ3n) is 5.27. The summed E-state index contributed by atoms with van der Waals surface area (Å²) >= 11 is 0. The van der Waals surface area contributed by atoms with Crippen LogP contribution in [-0.4, -0.2) is 66.3 Å². The summed E-state index contributed by atoms with van der Waals surface area (Å²) in [6.07, 6.45) is 2.26. The largest absolute Gasteiger partial charge is 0.465 e. The van der Waals surface area contributed by atoms with E-state index in [0.29, 0.717) is 38.5 Å². The number of hydrogen-bond acceptors (Lipinski definition) is 5. The summed E-state index contributed by atoms with van der Waals surface area (Å²) in [6.45, 7) is 8.67. The zero-order valence-electron chi connectivity index (χ0n) is 19.9. The van der Waals surface area contributed by atoms with E-state index < -0.39 is 40.9 Å².